The molecule has 6 nitrogen and oxygen atoms in total. The molecular formula is C18H38O6. The molecule has 0 aromatic heterocycles. The number of hydrogen-bond donors (Lipinski definition) is 4. The summed E-state index contributed by atoms with van der Waals surface area (Å²) in [4.78, 5) is 0. The second-order valence-electron chi connectivity index (χ2n) is 7.18. The summed E-state index contributed by atoms with van der Waals surface area (Å²) in [6, 6.07) is 0. The molecule has 4 N–H and O–H groups in total. The first-order valence-corrected chi connectivity index (χ1v) is 9.04. The van der Waals surface area contributed by atoms with Crippen LogP contribution < -0.4 is 0 Å². The van der Waals surface area contributed by atoms with E-state index in [1.165, 1.54) is 0 Å². The Hall–Kier alpha value is -0.240. The lowest BCUT2D eigenvalue weighted by Crippen LogP contribution is -2.49. The first kappa shape index (κ1) is 23.8. The van der Waals surface area contributed by atoms with Crippen molar-refractivity contribution in [2.24, 2.45) is 5.92 Å². The van der Waals surface area contributed by atoms with E-state index < -0.39 is 35.6 Å². The van der Waals surface area contributed by atoms with Gasteiger partial charge in [0.05, 0.1) is 36.6 Å². The van der Waals surface area contributed by atoms with Crippen LogP contribution in [0.15, 0.2) is 0 Å². The maximum absolute atomic E-state index is 10.6. The molecule has 0 aromatic carbocycles. The molecule has 0 amide bonds. The van der Waals surface area contributed by atoms with Crippen molar-refractivity contribution in [2.75, 3.05) is 19.8 Å². The molecule has 0 aliphatic rings. The largest absolute Gasteiger partial charge is 0.393 e. The lowest BCUT2D eigenvalue weighted by Gasteiger charge is -2.38. The zero-order chi connectivity index (χ0) is 19.0. The van der Waals surface area contributed by atoms with Crippen molar-refractivity contribution in [1.82, 2.24) is 0 Å². The smallest absolute Gasteiger partial charge is 0.163 e. The van der Waals surface area contributed by atoms with Gasteiger partial charge in [-0.2, -0.15) is 0 Å². The Morgan fingerprint density at radius 3 is 1.71 bits per heavy atom. The van der Waals surface area contributed by atoms with E-state index in [2.05, 4.69) is 0 Å². The lowest BCUT2D eigenvalue weighted by atomic mass is 9.86. The minimum Gasteiger partial charge on any atom is -0.393 e. The van der Waals surface area contributed by atoms with Gasteiger partial charge in [-0.05, 0) is 32.6 Å². The van der Waals surface area contributed by atoms with Gasteiger partial charge in [0, 0.05) is 5.92 Å². The monoisotopic (exact) mass is 350 g/mol. The second-order valence-corrected chi connectivity index (χ2v) is 7.18. The van der Waals surface area contributed by atoms with Gasteiger partial charge < -0.3 is 29.9 Å². The van der Waals surface area contributed by atoms with Gasteiger partial charge in [-0.25, -0.2) is 0 Å². The third-order valence-corrected chi connectivity index (χ3v) is 5.29. The molecule has 0 bridgehead atoms. The van der Waals surface area contributed by atoms with Crippen LogP contribution in [0.3, 0.4) is 0 Å². The highest BCUT2D eigenvalue weighted by atomic mass is 16.7. The third kappa shape index (κ3) is 6.94. The van der Waals surface area contributed by atoms with Crippen molar-refractivity contribution in [2.45, 2.75) is 90.3 Å². The normalized spacial score (nSPS) is 20.2. The summed E-state index contributed by atoms with van der Waals surface area (Å²) in [5, 5.41) is 40.7. The summed E-state index contributed by atoms with van der Waals surface area (Å²) >= 11 is 0. The molecule has 4 atom stereocenters. The maximum Gasteiger partial charge on any atom is 0.163 e. The SMILES string of the molecule is CCC(C)(O)COC(OCC(O)(CC)CC)C(C)C(O)(CC)CO. The topological polar surface area (TPSA) is 99.4 Å². The summed E-state index contributed by atoms with van der Waals surface area (Å²) < 4.78 is 11.5. The fourth-order valence-electron chi connectivity index (χ4n) is 2.22. The van der Waals surface area contributed by atoms with Gasteiger partial charge in [-0.3, -0.25) is 0 Å². The minimum absolute atomic E-state index is 0.0421. The van der Waals surface area contributed by atoms with Crippen LogP contribution >= 0.6 is 0 Å². The van der Waals surface area contributed by atoms with Crippen LogP contribution in [-0.2, 0) is 9.47 Å². The molecule has 0 aliphatic carbocycles. The first-order chi connectivity index (χ1) is 11.0. The van der Waals surface area contributed by atoms with Gasteiger partial charge in [0.1, 0.15) is 0 Å². The zero-order valence-corrected chi connectivity index (χ0v) is 16.2. The van der Waals surface area contributed by atoms with E-state index in [0.29, 0.717) is 25.7 Å². The minimum atomic E-state index is -1.35. The molecule has 0 spiro atoms. The Morgan fingerprint density at radius 2 is 1.33 bits per heavy atom. The van der Waals surface area contributed by atoms with Crippen molar-refractivity contribution >= 4 is 0 Å². The van der Waals surface area contributed by atoms with E-state index in [1.54, 1.807) is 20.8 Å². The summed E-state index contributed by atoms with van der Waals surface area (Å²) in [6.07, 6.45) is 1.08. The molecular weight excluding hydrogens is 312 g/mol. The Balaban J connectivity index is 5.14. The van der Waals surface area contributed by atoms with Gasteiger partial charge >= 0.3 is 0 Å². The standard InChI is InChI=1S/C18H38O6/c1-7-16(6,20)12-23-15(14(5)18(22,10-4)11-19)24-13-17(21,8-2)9-3/h14-15,19-22H,7-13H2,1-6H3. The second kappa shape index (κ2) is 10.0. The van der Waals surface area contributed by atoms with E-state index in [4.69, 9.17) is 9.47 Å². The maximum atomic E-state index is 10.6. The van der Waals surface area contributed by atoms with E-state index in [9.17, 15) is 20.4 Å². The van der Waals surface area contributed by atoms with Gasteiger partial charge in [0.2, 0.25) is 0 Å². The Bertz CT molecular complexity index is 336. The molecule has 0 saturated heterocycles. The molecule has 24 heavy (non-hydrogen) atoms. The number of rotatable bonds is 13. The highest BCUT2D eigenvalue weighted by Gasteiger charge is 2.39. The predicted octanol–water partition coefficient (Wildman–Crippen LogP) is 1.83. The van der Waals surface area contributed by atoms with Crippen LogP contribution in [0.4, 0.5) is 0 Å². The van der Waals surface area contributed by atoms with Gasteiger partial charge in [-0.1, -0.05) is 34.6 Å². The number of aliphatic hydroxyl groups excluding tert-OH is 1. The van der Waals surface area contributed by atoms with Crippen LogP contribution in [0.25, 0.3) is 0 Å². The molecule has 0 aromatic rings. The molecule has 146 valence electrons. The van der Waals surface area contributed by atoms with Crippen molar-refractivity contribution in [3.05, 3.63) is 0 Å². The molecule has 4 unspecified atom stereocenters. The molecule has 6 heteroatoms. The summed E-state index contributed by atoms with van der Waals surface area (Å²) in [5.41, 5.74) is -3.31. The van der Waals surface area contributed by atoms with Crippen LogP contribution in [0, 0.1) is 5.92 Å². The highest BCUT2D eigenvalue weighted by Crippen LogP contribution is 2.28. The van der Waals surface area contributed by atoms with E-state index in [1.807, 2.05) is 20.8 Å². The van der Waals surface area contributed by atoms with E-state index >= 15 is 0 Å². The number of hydrogen-bond acceptors (Lipinski definition) is 6. The molecule has 0 saturated carbocycles. The molecule has 0 fully saturated rings. The summed E-state index contributed by atoms with van der Waals surface area (Å²) in [5.74, 6) is -0.530. The quantitative estimate of drug-likeness (QED) is 0.378. The Kier molecular flexibility index (Phi) is 9.94. The summed E-state index contributed by atoms with van der Waals surface area (Å²) in [6.45, 7) is 10.5. The average molecular weight is 350 g/mol. The van der Waals surface area contributed by atoms with Crippen LogP contribution in [-0.4, -0.2) is 63.3 Å². The zero-order valence-electron chi connectivity index (χ0n) is 16.2. The third-order valence-electron chi connectivity index (χ3n) is 5.29. The van der Waals surface area contributed by atoms with E-state index in [-0.39, 0.29) is 13.2 Å². The summed E-state index contributed by atoms with van der Waals surface area (Å²) in [7, 11) is 0. The number of aliphatic hydroxyl groups is 4. The molecule has 0 rings (SSSR count). The molecule has 0 radical (unpaired) electrons. The van der Waals surface area contributed by atoms with Gasteiger partial charge in [0.15, 0.2) is 6.29 Å². The Morgan fingerprint density at radius 1 is 0.833 bits per heavy atom. The average Bonchev–Trinajstić information content (AvgIpc) is 2.60. The Labute approximate surface area is 146 Å². The van der Waals surface area contributed by atoms with Crippen molar-refractivity contribution in [3.8, 4) is 0 Å². The van der Waals surface area contributed by atoms with Crippen molar-refractivity contribution < 1.29 is 29.9 Å². The van der Waals surface area contributed by atoms with Gasteiger partial charge in [0.25, 0.3) is 0 Å². The predicted molar refractivity (Wildman–Crippen MR) is 93.6 cm³/mol. The van der Waals surface area contributed by atoms with Crippen LogP contribution in [0.1, 0.15) is 67.2 Å². The number of ether oxygens (including phenoxy) is 2. The molecule has 0 heterocycles. The fraction of sp³-hybridized carbons (Fsp3) is 1.00. The van der Waals surface area contributed by atoms with E-state index in [0.717, 1.165) is 0 Å². The first-order valence-electron chi connectivity index (χ1n) is 9.04. The lowest BCUT2D eigenvalue weighted by molar-refractivity contribution is -0.246. The fourth-order valence-corrected chi connectivity index (χ4v) is 2.22. The highest BCUT2D eigenvalue weighted by molar-refractivity contribution is 4.85. The van der Waals surface area contributed by atoms with Crippen molar-refractivity contribution in [3.63, 3.8) is 0 Å². The van der Waals surface area contributed by atoms with Gasteiger partial charge in [-0.15, -0.1) is 0 Å². The van der Waals surface area contributed by atoms with Crippen LogP contribution in [0.5, 0.6) is 0 Å². The van der Waals surface area contributed by atoms with Crippen LogP contribution in [0.2, 0.25) is 0 Å². The molecule has 0 aliphatic heterocycles. The van der Waals surface area contributed by atoms with Crippen molar-refractivity contribution in [1.29, 1.82) is 0 Å².